The Kier molecular flexibility index (Phi) is 9.04. The predicted octanol–water partition coefficient (Wildman–Crippen LogP) is 4.38. The summed E-state index contributed by atoms with van der Waals surface area (Å²) >= 11 is 6.45. The predicted molar refractivity (Wildman–Crippen MR) is 131 cm³/mol. The number of nitrogens with zero attached hydrogens (tertiary/aromatic N) is 3. The number of hydrogen-bond donors (Lipinski definition) is 2. The smallest absolute Gasteiger partial charge is 0.251 e. The van der Waals surface area contributed by atoms with Crippen molar-refractivity contribution in [1.82, 2.24) is 19.8 Å². The van der Waals surface area contributed by atoms with Crippen LogP contribution in [0.4, 0.5) is 5.69 Å². The van der Waals surface area contributed by atoms with Crippen LogP contribution in [-0.4, -0.2) is 45.9 Å². The summed E-state index contributed by atoms with van der Waals surface area (Å²) in [5, 5.41) is 6.58. The number of benzene rings is 2. The number of likely N-dealkylation sites (N-methyl/N-ethyl adjacent to an activating group) is 1. The average Bonchev–Trinajstić information content (AvgIpc) is 3.35. The number of nitrogens with one attached hydrogen (secondary N) is 2. The van der Waals surface area contributed by atoms with Crippen LogP contribution in [0.2, 0.25) is 5.02 Å². The Hall–Kier alpha value is -3.16. The van der Waals surface area contributed by atoms with Gasteiger partial charge in [0.05, 0.1) is 12.4 Å². The van der Waals surface area contributed by atoms with E-state index in [1.165, 1.54) is 0 Å². The molecule has 0 saturated heterocycles. The molecular formula is C25H30ClN5O2. The number of imidazole rings is 1. The Morgan fingerprint density at radius 3 is 2.61 bits per heavy atom. The highest BCUT2D eigenvalue weighted by Gasteiger charge is 2.21. The molecule has 3 rings (SSSR count). The first-order valence-electron chi connectivity index (χ1n) is 11.1. The molecule has 174 valence electrons. The lowest BCUT2D eigenvalue weighted by atomic mass is 10.0. The lowest BCUT2D eigenvalue weighted by Crippen LogP contribution is -2.38. The number of carbonyl (C=O) groups is 2. The van der Waals surface area contributed by atoms with Crippen molar-refractivity contribution >= 4 is 29.1 Å². The first-order chi connectivity index (χ1) is 16.0. The minimum atomic E-state index is -0.200. The highest BCUT2D eigenvalue weighted by atomic mass is 35.5. The summed E-state index contributed by atoms with van der Waals surface area (Å²) < 4.78 is 1.84. The fraction of sp³-hybridized carbons (Fsp3) is 0.320. The zero-order chi connectivity index (χ0) is 23.6. The molecule has 1 unspecified atom stereocenters. The lowest BCUT2D eigenvalue weighted by Gasteiger charge is -2.31. The van der Waals surface area contributed by atoms with Gasteiger partial charge in [-0.1, -0.05) is 49.7 Å². The molecule has 7 nitrogen and oxygen atoms in total. The first kappa shape index (κ1) is 24.5. The molecule has 0 aliphatic heterocycles. The van der Waals surface area contributed by atoms with Crippen molar-refractivity contribution in [2.75, 3.05) is 25.0 Å². The third-order valence-corrected chi connectivity index (χ3v) is 5.88. The van der Waals surface area contributed by atoms with Gasteiger partial charge in [-0.15, -0.1) is 0 Å². The molecule has 2 N–H and O–H groups in total. The molecule has 0 spiro atoms. The summed E-state index contributed by atoms with van der Waals surface area (Å²) in [5.41, 5.74) is 2.06. The minimum Gasteiger partial charge on any atom is -0.350 e. The summed E-state index contributed by atoms with van der Waals surface area (Å²) in [6.07, 6.45) is 5.48. The fourth-order valence-electron chi connectivity index (χ4n) is 3.75. The molecule has 33 heavy (non-hydrogen) atoms. The van der Waals surface area contributed by atoms with Gasteiger partial charge in [0.25, 0.3) is 5.91 Å². The molecule has 0 saturated carbocycles. The van der Waals surface area contributed by atoms with Gasteiger partial charge < -0.3 is 15.2 Å². The monoisotopic (exact) mass is 467 g/mol. The topological polar surface area (TPSA) is 79.3 Å². The van der Waals surface area contributed by atoms with Gasteiger partial charge in [0.1, 0.15) is 0 Å². The maximum absolute atomic E-state index is 12.9. The molecule has 2 aromatic carbocycles. The van der Waals surface area contributed by atoms with Crippen molar-refractivity contribution in [2.45, 2.75) is 32.9 Å². The highest BCUT2D eigenvalue weighted by Crippen LogP contribution is 2.27. The van der Waals surface area contributed by atoms with E-state index in [4.69, 9.17) is 11.6 Å². The van der Waals surface area contributed by atoms with Crippen LogP contribution in [0.3, 0.4) is 0 Å². The van der Waals surface area contributed by atoms with Crippen LogP contribution in [0.25, 0.3) is 0 Å². The summed E-state index contributed by atoms with van der Waals surface area (Å²) in [6, 6.07) is 14.6. The van der Waals surface area contributed by atoms with Crippen LogP contribution >= 0.6 is 11.6 Å². The third-order valence-electron chi connectivity index (χ3n) is 5.54. The summed E-state index contributed by atoms with van der Waals surface area (Å²) in [6.45, 7) is 6.82. The Balaban J connectivity index is 1.63. The molecule has 8 heteroatoms. The number of carbonyl (C=O) groups excluding carboxylic acids is 2. The number of hydrogen-bond acceptors (Lipinski definition) is 4. The van der Waals surface area contributed by atoms with Crippen LogP contribution in [-0.2, 0) is 11.3 Å². The van der Waals surface area contributed by atoms with Gasteiger partial charge in [-0.25, -0.2) is 4.98 Å². The summed E-state index contributed by atoms with van der Waals surface area (Å²) in [7, 11) is 0. The van der Waals surface area contributed by atoms with Crippen LogP contribution < -0.4 is 10.6 Å². The van der Waals surface area contributed by atoms with Crippen LogP contribution in [0.1, 0.15) is 42.2 Å². The van der Waals surface area contributed by atoms with Crippen LogP contribution in [0, 0.1) is 0 Å². The third kappa shape index (κ3) is 6.91. The zero-order valence-corrected chi connectivity index (χ0v) is 19.8. The molecule has 1 heterocycles. The molecule has 1 aromatic heterocycles. The first-order valence-corrected chi connectivity index (χ1v) is 11.5. The van der Waals surface area contributed by atoms with Gasteiger partial charge in [-0.3, -0.25) is 14.5 Å². The number of halogens is 1. The van der Waals surface area contributed by atoms with Gasteiger partial charge in [0.2, 0.25) is 5.91 Å². The van der Waals surface area contributed by atoms with Gasteiger partial charge in [0.15, 0.2) is 0 Å². The Labute approximate surface area is 199 Å². The van der Waals surface area contributed by atoms with Crippen molar-refractivity contribution in [3.05, 3.63) is 83.4 Å². The van der Waals surface area contributed by atoms with E-state index < -0.39 is 0 Å². The molecule has 0 fully saturated rings. The van der Waals surface area contributed by atoms with Crippen molar-refractivity contribution in [2.24, 2.45) is 0 Å². The second-order valence-electron chi connectivity index (χ2n) is 7.65. The van der Waals surface area contributed by atoms with E-state index in [0.717, 1.165) is 18.7 Å². The maximum Gasteiger partial charge on any atom is 0.251 e. The van der Waals surface area contributed by atoms with E-state index in [1.54, 1.807) is 36.8 Å². The largest absolute Gasteiger partial charge is 0.350 e. The number of amides is 2. The molecule has 1 atom stereocenters. The van der Waals surface area contributed by atoms with Crippen molar-refractivity contribution in [3.8, 4) is 0 Å². The molecule has 3 aromatic rings. The van der Waals surface area contributed by atoms with Gasteiger partial charge in [-0.05, 0) is 42.9 Å². The minimum absolute atomic E-state index is 0.0382. The van der Waals surface area contributed by atoms with Crippen molar-refractivity contribution in [3.63, 3.8) is 0 Å². The normalized spacial score (nSPS) is 11.9. The molecule has 2 amide bonds. The van der Waals surface area contributed by atoms with E-state index in [0.29, 0.717) is 35.8 Å². The van der Waals surface area contributed by atoms with Crippen molar-refractivity contribution in [1.29, 1.82) is 0 Å². The SMILES string of the molecule is CCN(CC)C(CNC(=O)c1cccc(NC(=O)CCn2ccnc2)c1)c1ccccc1Cl. The fourth-order valence-corrected chi connectivity index (χ4v) is 4.01. The van der Waals surface area contributed by atoms with Gasteiger partial charge in [-0.2, -0.15) is 0 Å². The summed E-state index contributed by atoms with van der Waals surface area (Å²) in [5.74, 6) is -0.324. The molecule has 0 aliphatic carbocycles. The highest BCUT2D eigenvalue weighted by molar-refractivity contribution is 6.31. The Morgan fingerprint density at radius 1 is 1.12 bits per heavy atom. The standard InChI is InChI=1S/C25H30ClN5O2/c1-3-31(4-2)23(21-10-5-6-11-22(21)26)17-28-25(33)19-8-7-9-20(16-19)29-24(32)12-14-30-15-13-27-18-30/h5-11,13,15-16,18,23H,3-4,12,14,17H2,1-2H3,(H,28,33)(H,29,32). The lowest BCUT2D eigenvalue weighted by molar-refractivity contribution is -0.116. The van der Waals surface area contributed by atoms with Gasteiger partial charge in [0, 0.05) is 48.2 Å². The van der Waals surface area contributed by atoms with Gasteiger partial charge >= 0.3 is 0 Å². The second-order valence-corrected chi connectivity index (χ2v) is 8.06. The second kappa shape index (κ2) is 12.2. The van der Waals surface area contributed by atoms with E-state index in [1.807, 2.05) is 35.0 Å². The summed E-state index contributed by atoms with van der Waals surface area (Å²) in [4.78, 5) is 31.4. The van der Waals surface area contributed by atoms with E-state index >= 15 is 0 Å². The molecular weight excluding hydrogens is 438 g/mol. The quantitative estimate of drug-likeness (QED) is 0.438. The number of aromatic nitrogens is 2. The molecule has 0 bridgehead atoms. The van der Waals surface area contributed by atoms with E-state index in [-0.39, 0.29) is 17.9 Å². The number of rotatable bonds is 11. The zero-order valence-electron chi connectivity index (χ0n) is 19.0. The van der Waals surface area contributed by atoms with Crippen molar-refractivity contribution < 1.29 is 9.59 Å². The molecule has 0 radical (unpaired) electrons. The Morgan fingerprint density at radius 2 is 1.91 bits per heavy atom. The maximum atomic E-state index is 12.9. The molecule has 0 aliphatic rings. The average molecular weight is 468 g/mol. The van der Waals surface area contributed by atoms with Crippen LogP contribution in [0.5, 0.6) is 0 Å². The van der Waals surface area contributed by atoms with Crippen LogP contribution in [0.15, 0.2) is 67.3 Å². The Bertz CT molecular complexity index is 1050. The van der Waals surface area contributed by atoms with E-state index in [9.17, 15) is 9.59 Å². The van der Waals surface area contributed by atoms with E-state index in [2.05, 4.69) is 34.4 Å². The number of anilines is 1. The number of aryl methyl sites for hydroxylation is 1.